The highest BCUT2D eigenvalue weighted by atomic mass is 15.5. The minimum atomic E-state index is 0.160. The summed E-state index contributed by atoms with van der Waals surface area (Å²) in [5.41, 5.74) is 7.36. The summed E-state index contributed by atoms with van der Waals surface area (Å²) in [5.74, 6) is 0. The molecule has 1 atom stereocenters. The fourth-order valence-corrected chi connectivity index (χ4v) is 1.17. The summed E-state index contributed by atoms with van der Waals surface area (Å²) in [6, 6.07) is 7.96. The molecule has 13 heavy (non-hydrogen) atoms. The van der Waals surface area contributed by atoms with Gasteiger partial charge < -0.3 is 5.73 Å². The van der Waals surface area contributed by atoms with Gasteiger partial charge >= 0.3 is 0 Å². The predicted octanol–water partition coefficient (Wildman–Crippen LogP) is 0.951. The number of hydrogen-bond acceptors (Lipinski definition) is 3. The van der Waals surface area contributed by atoms with Crippen LogP contribution in [0.15, 0.2) is 24.3 Å². The zero-order valence-electron chi connectivity index (χ0n) is 7.51. The van der Waals surface area contributed by atoms with Gasteiger partial charge in [0, 0.05) is 6.54 Å². The van der Waals surface area contributed by atoms with Crippen LogP contribution in [-0.2, 0) is 0 Å². The van der Waals surface area contributed by atoms with Gasteiger partial charge in [0.15, 0.2) is 0 Å². The van der Waals surface area contributed by atoms with E-state index in [0.29, 0.717) is 6.54 Å². The third kappa shape index (κ3) is 1.40. The van der Waals surface area contributed by atoms with Crippen molar-refractivity contribution in [3.63, 3.8) is 0 Å². The molecule has 1 heterocycles. The number of benzene rings is 1. The first-order chi connectivity index (χ1) is 6.31. The van der Waals surface area contributed by atoms with E-state index < -0.39 is 0 Å². The zero-order valence-corrected chi connectivity index (χ0v) is 7.51. The highest BCUT2D eigenvalue weighted by molar-refractivity contribution is 5.72. The first-order valence-corrected chi connectivity index (χ1v) is 4.33. The molecule has 0 aliphatic rings. The molecule has 0 saturated carbocycles. The minimum Gasteiger partial charge on any atom is -0.328 e. The van der Waals surface area contributed by atoms with E-state index in [9.17, 15) is 0 Å². The molecular formula is C9H12N4. The van der Waals surface area contributed by atoms with Gasteiger partial charge in [0.1, 0.15) is 11.0 Å². The van der Waals surface area contributed by atoms with Gasteiger partial charge in [-0.2, -0.15) is 15.0 Å². The van der Waals surface area contributed by atoms with Crippen molar-refractivity contribution in [1.82, 2.24) is 15.0 Å². The molecule has 2 aromatic rings. The van der Waals surface area contributed by atoms with Gasteiger partial charge in [0.05, 0.1) is 6.04 Å². The Balaban J connectivity index is 2.49. The molecule has 1 aromatic heterocycles. The van der Waals surface area contributed by atoms with Crippen LogP contribution >= 0.6 is 0 Å². The minimum absolute atomic E-state index is 0.160. The van der Waals surface area contributed by atoms with Crippen LogP contribution in [0.5, 0.6) is 0 Å². The van der Waals surface area contributed by atoms with Gasteiger partial charge in [0.25, 0.3) is 0 Å². The van der Waals surface area contributed by atoms with E-state index in [0.717, 1.165) is 11.0 Å². The van der Waals surface area contributed by atoms with Crippen LogP contribution in [0.1, 0.15) is 13.0 Å². The first kappa shape index (κ1) is 8.19. The van der Waals surface area contributed by atoms with Crippen LogP contribution in [-0.4, -0.2) is 21.5 Å². The van der Waals surface area contributed by atoms with Crippen molar-refractivity contribution in [1.29, 1.82) is 0 Å². The fraction of sp³-hybridized carbons (Fsp3) is 0.333. The van der Waals surface area contributed by atoms with Crippen LogP contribution in [0.25, 0.3) is 11.0 Å². The average molecular weight is 176 g/mol. The van der Waals surface area contributed by atoms with Crippen molar-refractivity contribution in [2.45, 2.75) is 13.0 Å². The summed E-state index contributed by atoms with van der Waals surface area (Å²) in [7, 11) is 0. The highest BCUT2D eigenvalue weighted by Gasteiger charge is 2.06. The number of hydrogen-bond donors (Lipinski definition) is 1. The van der Waals surface area contributed by atoms with Crippen LogP contribution in [0.4, 0.5) is 0 Å². The summed E-state index contributed by atoms with van der Waals surface area (Å²) in [6.07, 6.45) is 0. The SMILES string of the molecule is CC(CN)n1nc2ccccc2n1. The number of rotatable bonds is 2. The van der Waals surface area contributed by atoms with Crippen molar-refractivity contribution in [3.05, 3.63) is 24.3 Å². The lowest BCUT2D eigenvalue weighted by atomic mass is 10.3. The number of nitrogens with two attached hydrogens (primary N) is 1. The second-order valence-electron chi connectivity index (χ2n) is 3.09. The summed E-state index contributed by atoms with van der Waals surface area (Å²) >= 11 is 0. The number of fused-ring (bicyclic) bond motifs is 1. The topological polar surface area (TPSA) is 56.7 Å². The molecule has 4 heteroatoms. The Labute approximate surface area is 76.3 Å². The maximum Gasteiger partial charge on any atom is 0.113 e. The molecule has 1 aromatic carbocycles. The van der Waals surface area contributed by atoms with Crippen LogP contribution in [0, 0.1) is 0 Å². The maximum absolute atomic E-state index is 5.53. The van der Waals surface area contributed by atoms with E-state index in [1.54, 1.807) is 4.80 Å². The third-order valence-corrected chi connectivity index (χ3v) is 2.04. The van der Waals surface area contributed by atoms with Crippen molar-refractivity contribution in [2.75, 3.05) is 6.54 Å². The van der Waals surface area contributed by atoms with Crippen molar-refractivity contribution < 1.29 is 0 Å². The average Bonchev–Trinajstić information content (AvgIpc) is 2.59. The Kier molecular flexibility index (Phi) is 1.98. The standard InChI is InChI=1S/C9H12N4/c1-7(6-10)13-11-8-4-2-3-5-9(8)12-13/h2-5,7H,6,10H2,1H3. The molecule has 0 fully saturated rings. The fourth-order valence-electron chi connectivity index (χ4n) is 1.17. The second kappa shape index (κ2) is 3.14. The third-order valence-electron chi connectivity index (χ3n) is 2.04. The number of nitrogens with zero attached hydrogens (tertiary/aromatic N) is 3. The number of aromatic nitrogens is 3. The van der Waals surface area contributed by atoms with Gasteiger partial charge in [-0.3, -0.25) is 0 Å². The predicted molar refractivity (Wildman–Crippen MR) is 51.3 cm³/mol. The van der Waals surface area contributed by atoms with Gasteiger partial charge in [-0.1, -0.05) is 12.1 Å². The lowest BCUT2D eigenvalue weighted by Crippen LogP contribution is -2.18. The summed E-state index contributed by atoms with van der Waals surface area (Å²) in [4.78, 5) is 1.67. The molecule has 0 aliphatic heterocycles. The van der Waals surface area contributed by atoms with E-state index in [1.165, 1.54) is 0 Å². The molecule has 0 bridgehead atoms. The molecule has 0 aliphatic carbocycles. The first-order valence-electron chi connectivity index (χ1n) is 4.33. The quantitative estimate of drug-likeness (QED) is 0.741. The van der Waals surface area contributed by atoms with E-state index >= 15 is 0 Å². The maximum atomic E-state index is 5.53. The van der Waals surface area contributed by atoms with Crippen LogP contribution in [0.3, 0.4) is 0 Å². The van der Waals surface area contributed by atoms with Crippen LogP contribution < -0.4 is 5.73 Å². The van der Waals surface area contributed by atoms with Gasteiger partial charge in [-0.15, -0.1) is 0 Å². The van der Waals surface area contributed by atoms with Gasteiger partial charge in [-0.25, -0.2) is 0 Å². The Morgan fingerprint density at radius 2 is 1.85 bits per heavy atom. The molecule has 2 N–H and O–H groups in total. The summed E-state index contributed by atoms with van der Waals surface area (Å²) in [6.45, 7) is 2.56. The normalized spacial score (nSPS) is 13.4. The Bertz CT molecular complexity index is 374. The van der Waals surface area contributed by atoms with E-state index in [1.807, 2.05) is 31.2 Å². The zero-order chi connectivity index (χ0) is 9.26. The Hall–Kier alpha value is -1.42. The molecule has 0 radical (unpaired) electrons. The van der Waals surface area contributed by atoms with E-state index in [-0.39, 0.29) is 6.04 Å². The van der Waals surface area contributed by atoms with Crippen molar-refractivity contribution >= 4 is 11.0 Å². The molecule has 0 spiro atoms. The van der Waals surface area contributed by atoms with E-state index in [4.69, 9.17) is 5.73 Å². The van der Waals surface area contributed by atoms with E-state index in [2.05, 4.69) is 10.2 Å². The summed E-state index contributed by atoms with van der Waals surface area (Å²) in [5, 5.41) is 8.62. The molecule has 4 nitrogen and oxygen atoms in total. The van der Waals surface area contributed by atoms with Crippen LogP contribution in [0.2, 0.25) is 0 Å². The second-order valence-corrected chi connectivity index (χ2v) is 3.09. The lowest BCUT2D eigenvalue weighted by molar-refractivity contribution is 0.447. The lowest BCUT2D eigenvalue weighted by Gasteiger charge is -2.04. The van der Waals surface area contributed by atoms with Gasteiger partial charge in [0.2, 0.25) is 0 Å². The van der Waals surface area contributed by atoms with Crippen molar-refractivity contribution in [3.8, 4) is 0 Å². The molecule has 0 amide bonds. The monoisotopic (exact) mass is 176 g/mol. The molecule has 68 valence electrons. The van der Waals surface area contributed by atoms with Crippen molar-refractivity contribution in [2.24, 2.45) is 5.73 Å². The Morgan fingerprint density at radius 3 is 2.31 bits per heavy atom. The smallest absolute Gasteiger partial charge is 0.113 e. The summed E-state index contributed by atoms with van der Waals surface area (Å²) < 4.78 is 0. The highest BCUT2D eigenvalue weighted by Crippen LogP contribution is 2.09. The molecule has 2 rings (SSSR count). The molecule has 1 unspecified atom stereocenters. The largest absolute Gasteiger partial charge is 0.328 e. The molecular weight excluding hydrogens is 164 g/mol. The molecule has 0 saturated heterocycles. The Morgan fingerprint density at radius 1 is 1.31 bits per heavy atom. The van der Waals surface area contributed by atoms with Gasteiger partial charge in [-0.05, 0) is 19.1 Å².